The molecule has 103 valence electrons. The molecule has 1 nitrogen and oxygen atoms in total. The maximum atomic E-state index is 11.4. The molecule has 0 saturated heterocycles. The van der Waals surface area contributed by atoms with Crippen molar-refractivity contribution in [3.63, 3.8) is 0 Å². The van der Waals surface area contributed by atoms with Crippen LogP contribution in [-0.4, -0.2) is 17.3 Å². The number of carbonyl (C=O) groups excluding carboxylic acids is 1. The van der Waals surface area contributed by atoms with Gasteiger partial charge in [0.1, 0.15) is 5.78 Å². The summed E-state index contributed by atoms with van der Waals surface area (Å²) in [5.41, 5.74) is 0. The smallest absolute Gasteiger partial charge is 0.132 e. The molecule has 1 aliphatic rings. The van der Waals surface area contributed by atoms with Crippen LogP contribution in [0.3, 0.4) is 0 Å². The summed E-state index contributed by atoms with van der Waals surface area (Å²) in [7, 11) is 0. The van der Waals surface area contributed by atoms with Gasteiger partial charge in [-0.05, 0) is 37.2 Å². The first-order valence-electron chi connectivity index (χ1n) is 6.13. The van der Waals surface area contributed by atoms with Gasteiger partial charge in [-0.3, -0.25) is 4.79 Å². The Bertz CT molecular complexity index is 255. The van der Waals surface area contributed by atoms with Crippen LogP contribution < -0.4 is 0 Å². The predicted molar refractivity (Wildman–Crippen MR) is 79.2 cm³/mol. The minimum Gasteiger partial charge on any atom is -0.339 e. The number of allylic oxidation sites excluding steroid dienone is 1. The summed E-state index contributed by atoms with van der Waals surface area (Å²) in [5, 5.41) is 0. The average Bonchev–Trinajstić information content (AvgIpc) is 2.69. The van der Waals surface area contributed by atoms with Gasteiger partial charge in [-0.25, -0.2) is 0 Å². The largest absolute Gasteiger partial charge is 0.339 e. The zero-order valence-electron chi connectivity index (χ0n) is 11.0. The first-order valence-corrected chi connectivity index (χ1v) is 7.29. The number of Topliss-reactive ketones (excluding diaryl/α,β-unsaturated/α-hetero) is 1. The van der Waals surface area contributed by atoms with E-state index < -0.39 is 0 Å². The van der Waals surface area contributed by atoms with Gasteiger partial charge in [0, 0.05) is 50.0 Å². The molecule has 1 radical (unpaired) electrons. The molecular weight excluding hydrogens is 455 g/mol. The van der Waals surface area contributed by atoms with Crippen molar-refractivity contribution < 1.29 is 48.9 Å². The second kappa shape index (κ2) is 10.9. The van der Waals surface area contributed by atoms with E-state index in [1.165, 1.54) is 0 Å². The van der Waals surface area contributed by atoms with Crippen LogP contribution in [0.2, 0.25) is 0 Å². The number of hydrogen-bond acceptors (Lipinski definition) is 2. The quantitative estimate of drug-likeness (QED) is 0.416. The van der Waals surface area contributed by atoms with E-state index in [-0.39, 0.29) is 57.4 Å². The molecule has 3 heteroatoms. The molecule has 0 bridgehead atoms. The van der Waals surface area contributed by atoms with Crippen molar-refractivity contribution in [3.8, 4) is 0 Å². The van der Waals surface area contributed by atoms with Gasteiger partial charge < -0.3 is 6.92 Å². The zero-order chi connectivity index (χ0) is 12.1. The van der Waals surface area contributed by atoms with Crippen molar-refractivity contribution in [1.29, 1.82) is 0 Å². The van der Waals surface area contributed by atoms with E-state index in [0.717, 1.165) is 24.3 Å². The van der Waals surface area contributed by atoms with Crippen LogP contribution in [0, 0.1) is 74.7 Å². The van der Waals surface area contributed by atoms with Gasteiger partial charge in [0.2, 0.25) is 0 Å². The third-order valence-corrected chi connectivity index (χ3v) is 4.75. The fourth-order valence-electron chi connectivity index (χ4n) is 2.64. The first kappa shape index (κ1) is 21.5. The number of rotatable bonds is 6. The fraction of sp³-hybridized carbons (Fsp3) is 0.733. The summed E-state index contributed by atoms with van der Waals surface area (Å²) in [5.74, 6) is 4.36. The molecule has 0 aromatic rings. The van der Waals surface area contributed by atoms with E-state index in [2.05, 4.69) is 20.4 Å². The number of ketones is 1. The van der Waals surface area contributed by atoms with Crippen LogP contribution >= 0.6 is 11.8 Å². The second-order valence-corrected chi connectivity index (χ2v) is 6.08. The summed E-state index contributed by atoms with van der Waals surface area (Å²) in [6.07, 6.45) is 4.04. The van der Waals surface area contributed by atoms with Gasteiger partial charge >= 0.3 is 0 Å². The van der Waals surface area contributed by atoms with Gasteiger partial charge in [0.25, 0.3) is 0 Å². The van der Waals surface area contributed by atoms with Crippen molar-refractivity contribution in [2.75, 3.05) is 11.5 Å². The first-order chi connectivity index (χ1) is 7.60. The number of hydrogen-bond donors (Lipinski definition) is 0. The summed E-state index contributed by atoms with van der Waals surface area (Å²) in [4.78, 5) is 11.4. The van der Waals surface area contributed by atoms with Gasteiger partial charge in [-0.1, -0.05) is 26.3 Å². The molecule has 1 fully saturated rings. The maximum absolute atomic E-state index is 11.4. The normalized spacial score (nSPS) is 27.8. The van der Waals surface area contributed by atoms with E-state index in [1.807, 2.05) is 17.8 Å². The van der Waals surface area contributed by atoms with Gasteiger partial charge in [-0.15, -0.1) is 6.58 Å². The molecule has 0 aromatic heterocycles. The van der Waals surface area contributed by atoms with Crippen LogP contribution in [0.4, 0.5) is 0 Å². The molecule has 0 heterocycles. The Labute approximate surface area is 153 Å². The number of carbonyl (C=O) groups is 1. The summed E-state index contributed by atoms with van der Waals surface area (Å²) in [6, 6.07) is 0. The molecule has 0 amide bonds. The summed E-state index contributed by atoms with van der Waals surface area (Å²) in [6.45, 7) is 12.1. The molecule has 0 unspecified atom stereocenters. The van der Waals surface area contributed by atoms with Gasteiger partial charge in [0.15, 0.2) is 0 Å². The Hall–Kier alpha value is 1.20. The van der Waals surface area contributed by atoms with Crippen LogP contribution in [0.1, 0.15) is 34.1 Å². The molecule has 1 saturated carbocycles. The van der Waals surface area contributed by atoms with Crippen LogP contribution in [0.5, 0.6) is 0 Å². The van der Waals surface area contributed by atoms with Crippen molar-refractivity contribution in [1.82, 2.24) is 0 Å². The van der Waals surface area contributed by atoms with Crippen molar-refractivity contribution in [2.24, 2.45) is 23.7 Å². The van der Waals surface area contributed by atoms with Gasteiger partial charge in [0.05, 0.1) is 0 Å². The maximum Gasteiger partial charge on any atom is 0.132 e. The Balaban J connectivity index is 0. The third kappa shape index (κ3) is 6.10. The van der Waals surface area contributed by atoms with Crippen LogP contribution in [0.15, 0.2) is 12.7 Å². The monoisotopic (exact) mass is 482 g/mol. The van der Waals surface area contributed by atoms with E-state index >= 15 is 0 Å². The molecule has 0 spiro atoms. The Morgan fingerprint density at radius 2 is 2.17 bits per heavy atom. The van der Waals surface area contributed by atoms with E-state index in [4.69, 9.17) is 0 Å². The molecule has 18 heavy (non-hydrogen) atoms. The molecule has 4 atom stereocenters. The molecule has 1 aliphatic carbocycles. The summed E-state index contributed by atoms with van der Waals surface area (Å²) >= 11 is 1.94. The van der Waals surface area contributed by atoms with E-state index in [1.54, 1.807) is 6.92 Å². The topological polar surface area (TPSA) is 17.1 Å². The van der Waals surface area contributed by atoms with Crippen LogP contribution in [-0.2, 0) is 4.79 Å². The Kier molecular flexibility index (Phi) is 13.1. The Morgan fingerprint density at radius 3 is 2.61 bits per heavy atom. The third-order valence-electron chi connectivity index (χ3n) is 3.68. The molecule has 0 N–H and O–H groups in total. The minimum absolute atomic E-state index is 0. The molecule has 0 aliphatic heterocycles. The van der Waals surface area contributed by atoms with E-state index in [9.17, 15) is 4.79 Å². The fourth-order valence-corrected chi connectivity index (χ4v) is 3.43. The van der Waals surface area contributed by atoms with Crippen molar-refractivity contribution in [3.05, 3.63) is 19.6 Å². The second-order valence-electron chi connectivity index (χ2n) is 4.76. The van der Waals surface area contributed by atoms with Crippen molar-refractivity contribution in [2.45, 2.75) is 34.1 Å². The standard InChI is InChI=1S/C14H23OS.CH4.Ac/c1-5-12-7-13(11(4)15)8-14(12)10(3)9-16-6-2;;/h5,10,12-14H,1,3,6-9H2,2,4H3;1H4;/q-1;;/t10-,12+,13-,14-;;/m0../s1. The Morgan fingerprint density at radius 1 is 1.56 bits per heavy atom. The van der Waals surface area contributed by atoms with E-state index in [0.29, 0.717) is 23.5 Å². The molecule has 1 rings (SSSR count). The van der Waals surface area contributed by atoms with Crippen LogP contribution in [0.25, 0.3) is 0 Å². The zero-order valence-corrected chi connectivity index (χ0v) is 16.6. The van der Waals surface area contributed by atoms with Gasteiger partial charge in [-0.2, -0.15) is 17.7 Å². The molecule has 0 aromatic carbocycles. The molecular formula is C15H27AcOS-. The number of thioether (sulfide) groups is 1. The minimum atomic E-state index is 0. The average molecular weight is 482 g/mol. The summed E-state index contributed by atoms with van der Waals surface area (Å²) < 4.78 is 0. The van der Waals surface area contributed by atoms with Crippen molar-refractivity contribution >= 4 is 17.5 Å². The SMILES string of the molecule is C.C=C[C@@H]1C[C@H](C(C)=O)C[C@H]1[C@@H]([CH2-])CSCC.[Ac]. The predicted octanol–water partition coefficient (Wildman–Crippen LogP) is 4.24.